The number of rotatable bonds is 4. The van der Waals surface area contributed by atoms with Gasteiger partial charge in [-0.1, -0.05) is 13.0 Å². The zero-order chi connectivity index (χ0) is 13.7. The molecule has 0 spiro atoms. The fourth-order valence-electron chi connectivity index (χ4n) is 1.26. The fourth-order valence-corrected chi connectivity index (χ4v) is 2.46. The molecule has 0 aromatic heterocycles. The Hall–Kier alpha value is -1.08. The van der Waals surface area contributed by atoms with Crippen LogP contribution >= 0.6 is 31.9 Å². The first-order chi connectivity index (χ1) is 8.45. The monoisotopic (exact) mass is 378 g/mol. The highest BCUT2D eigenvalue weighted by atomic mass is 79.9. The lowest BCUT2D eigenvalue weighted by Gasteiger charge is -2.14. The van der Waals surface area contributed by atoms with E-state index in [0.717, 1.165) is 0 Å². The Kier molecular flexibility index (Phi) is 5.61. The van der Waals surface area contributed by atoms with Crippen LogP contribution in [-0.4, -0.2) is 23.1 Å². The van der Waals surface area contributed by atoms with E-state index in [1.807, 2.05) is 6.07 Å². The molecule has 0 unspecified atom stereocenters. The van der Waals surface area contributed by atoms with Gasteiger partial charge in [0.2, 0.25) is 0 Å². The van der Waals surface area contributed by atoms with Crippen molar-refractivity contribution in [3.8, 4) is 0 Å². The van der Waals surface area contributed by atoms with Crippen LogP contribution in [0.2, 0.25) is 0 Å². The van der Waals surface area contributed by atoms with Gasteiger partial charge in [0, 0.05) is 8.95 Å². The maximum Gasteiger partial charge on any atom is 0.326 e. The molecule has 0 aliphatic heterocycles. The van der Waals surface area contributed by atoms with Gasteiger partial charge in [-0.2, -0.15) is 0 Å². The molecule has 0 aliphatic rings. The standard InChI is InChI=1S/C11H12Br2N2O3/c1-2-8(10(16)17)14-11(18)15-9-6(12)4-3-5-7(9)13/h3-5,8H,2H2,1H3,(H,16,17)(H2,14,15,18)/t8-/m0/s1. The summed E-state index contributed by atoms with van der Waals surface area (Å²) in [6, 6.07) is 3.90. The molecule has 98 valence electrons. The minimum Gasteiger partial charge on any atom is -0.480 e. The molecule has 1 atom stereocenters. The number of hydrogen-bond donors (Lipinski definition) is 3. The van der Waals surface area contributed by atoms with E-state index in [2.05, 4.69) is 42.5 Å². The van der Waals surface area contributed by atoms with Gasteiger partial charge in [-0.15, -0.1) is 0 Å². The Balaban J connectivity index is 2.73. The summed E-state index contributed by atoms with van der Waals surface area (Å²) in [5.41, 5.74) is 0.551. The van der Waals surface area contributed by atoms with E-state index in [1.165, 1.54) is 0 Å². The Morgan fingerprint density at radius 3 is 2.33 bits per heavy atom. The third kappa shape index (κ3) is 3.99. The molecular formula is C11H12Br2N2O3. The van der Waals surface area contributed by atoms with Crippen LogP contribution in [0.3, 0.4) is 0 Å². The molecule has 1 aromatic carbocycles. The maximum absolute atomic E-state index is 11.7. The van der Waals surface area contributed by atoms with Crippen molar-refractivity contribution in [2.75, 3.05) is 5.32 Å². The van der Waals surface area contributed by atoms with Gasteiger partial charge < -0.3 is 15.7 Å². The van der Waals surface area contributed by atoms with Gasteiger partial charge in [-0.05, 0) is 50.4 Å². The first kappa shape index (κ1) is 15.0. The maximum atomic E-state index is 11.7. The van der Waals surface area contributed by atoms with Crippen molar-refractivity contribution >= 4 is 49.5 Å². The number of hydrogen-bond acceptors (Lipinski definition) is 2. The Labute approximate surface area is 121 Å². The minimum absolute atomic E-state index is 0.319. The second-order valence-corrected chi connectivity index (χ2v) is 5.20. The molecule has 1 aromatic rings. The van der Waals surface area contributed by atoms with Gasteiger partial charge in [-0.25, -0.2) is 9.59 Å². The van der Waals surface area contributed by atoms with Gasteiger partial charge in [0.25, 0.3) is 0 Å². The second kappa shape index (κ2) is 6.75. The van der Waals surface area contributed by atoms with Crippen LogP contribution in [0, 0.1) is 0 Å². The number of carboxylic acid groups (broad SMARTS) is 1. The summed E-state index contributed by atoms with van der Waals surface area (Å²) in [5.74, 6) is -1.06. The van der Waals surface area contributed by atoms with Gasteiger partial charge in [0.15, 0.2) is 0 Å². The van der Waals surface area contributed by atoms with Crippen LogP contribution in [0.15, 0.2) is 27.1 Å². The van der Waals surface area contributed by atoms with Crippen molar-refractivity contribution in [3.63, 3.8) is 0 Å². The van der Waals surface area contributed by atoms with Crippen molar-refractivity contribution in [2.45, 2.75) is 19.4 Å². The third-order valence-electron chi connectivity index (χ3n) is 2.21. The predicted octanol–water partition coefficient (Wildman–Crippen LogP) is 3.20. The van der Waals surface area contributed by atoms with Crippen LogP contribution in [0.5, 0.6) is 0 Å². The molecule has 0 saturated heterocycles. The molecule has 0 fully saturated rings. The third-order valence-corrected chi connectivity index (χ3v) is 3.53. The predicted molar refractivity (Wildman–Crippen MR) is 75.7 cm³/mol. The summed E-state index contributed by atoms with van der Waals surface area (Å²) in [4.78, 5) is 22.5. The number of halogens is 2. The van der Waals surface area contributed by atoms with Gasteiger partial charge in [-0.3, -0.25) is 0 Å². The van der Waals surface area contributed by atoms with Crippen molar-refractivity contribution in [1.29, 1.82) is 0 Å². The number of carbonyl (C=O) groups is 2. The molecule has 0 radical (unpaired) electrons. The quantitative estimate of drug-likeness (QED) is 0.751. The summed E-state index contributed by atoms with van der Waals surface area (Å²) >= 11 is 6.60. The van der Waals surface area contributed by atoms with E-state index in [9.17, 15) is 9.59 Å². The number of benzene rings is 1. The molecule has 1 rings (SSSR count). The lowest BCUT2D eigenvalue weighted by atomic mass is 10.2. The molecule has 0 heterocycles. The molecule has 2 amide bonds. The topological polar surface area (TPSA) is 78.4 Å². The summed E-state index contributed by atoms with van der Waals surface area (Å²) in [7, 11) is 0. The molecule has 18 heavy (non-hydrogen) atoms. The summed E-state index contributed by atoms with van der Waals surface area (Å²) < 4.78 is 1.41. The van der Waals surface area contributed by atoms with E-state index in [1.54, 1.807) is 19.1 Å². The summed E-state index contributed by atoms with van der Waals surface area (Å²) in [6.07, 6.45) is 0.319. The lowest BCUT2D eigenvalue weighted by Crippen LogP contribution is -2.42. The second-order valence-electron chi connectivity index (χ2n) is 3.49. The molecule has 3 N–H and O–H groups in total. The summed E-state index contributed by atoms with van der Waals surface area (Å²) in [5, 5.41) is 13.8. The average molecular weight is 380 g/mol. The Morgan fingerprint density at radius 1 is 1.33 bits per heavy atom. The van der Waals surface area contributed by atoms with Crippen LogP contribution in [-0.2, 0) is 4.79 Å². The molecule has 0 saturated carbocycles. The number of aliphatic carboxylic acids is 1. The summed E-state index contributed by atoms with van der Waals surface area (Å²) in [6.45, 7) is 1.69. The highest BCUT2D eigenvalue weighted by Gasteiger charge is 2.18. The van der Waals surface area contributed by atoms with E-state index < -0.39 is 18.0 Å². The highest BCUT2D eigenvalue weighted by Crippen LogP contribution is 2.30. The van der Waals surface area contributed by atoms with Crippen LogP contribution in [0.25, 0.3) is 0 Å². The van der Waals surface area contributed by atoms with Crippen LogP contribution in [0.4, 0.5) is 10.5 Å². The van der Waals surface area contributed by atoms with Crippen molar-refractivity contribution in [3.05, 3.63) is 27.1 Å². The van der Waals surface area contributed by atoms with Crippen LogP contribution < -0.4 is 10.6 Å². The van der Waals surface area contributed by atoms with Gasteiger partial charge >= 0.3 is 12.0 Å². The number of carboxylic acids is 1. The minimum atomic E-state index is -1.06. The first-order valence-electron chi connectivity index (χ1n) is 5.20. The van der Waals surface area contributed by atoms with E-state index >= 15 is 0 Å². The number of para-hydroxylation sites is 1. The lowest BCUT2D eigenvalue weighted by molar-refractivity contribution is -0.139. The average Bonchev–Trinajstić information content (AvgIpc) is 2.30. The highest BCUT2D eigenvalue weighted by molar-refractivity contribution is 9.11. The smallest absolute Gasteiger partial charge is 0.326 e. The van der Waals surface area contributed by atoms with Crippen molar-refractivity contribution < 1.29 is 14.7 Å². The van der Waals surface area contributed by atoms with Crippen molar-refractivity contribution in [2.24, 2.45) is 0 Å². The van der Waals surface area contributed by atoms with E-state index in [4.69, 9.17) is 5.11 Å². The molecule has 0 bridgehead atoms. The van der Waals surface area contributed by atoms with E-state index in [-0.39, 0.29) is 0 Å². The number of urea groups is 1. The van der Waals surface area contributed by atoms with Gasteiger partial charge in [0.05, 0.1) is 5.69 Å². The van der Waals surface area contributed by atoms with E-state index in [0.29, 0.717) is 21.1 Å². The SMILES string of the molecule is CC[C@H](NC(=O)Nc1c(Br)cccc1Br)C(=O)O. The fraction of sp³-hybridized carbons (Fsp3) is 0.273. The van der Waals surface area contributed by atoms with Crippen molar-refractivity contribution in [1.82, 2.24) is 5.32 Å². The normalized spacial score (nSPS) is 11.7. The molecule has 0 aliphatic carbocycles. The Morgan fingerprint density at radius 2 is 1.89 bits per heavy atom. The number of anilines is 1. The number of amides is 2. The molecular weight excluding hydrogens is 368 g/mol. The largest absolute Gasteiger partial charge is 0.480 e. The Bertz CT molecular complexity index is 445. The van der Waals surface area contributed by atoms with Gasteiger partial charge in [0.1, 0.15) is 6.04 Å². The molecule has 5 nitrogen and oxygen atoms in total. The first-order valence-corrected chi connectivity index (χ1v) is 6.78. The molecule has 7 heteroatoms. The zero-order valence-corrected chi connectivity index (χ0v) is 12.7. The van der Waals surface area contributed by atoms with Crippen LogP contribution in [0.1, 0.15) is 13.3 Å². The zero-order valence-electron chi connectivity index (χ0n) is 9.54. The number of carbonyl (C=O) groups excluding carboxylic acids is 1. The number of nitrogens with one attached hydrogen (secondary N) is 2.